The molecule has 1 saturated heterocycles. The molecule has 0 aromatic heterocycles. The number of hydroxylamine groups is 2. The number of rotatable bonds is 2. The summed E-state index contributed by atoms with van der Waals surface area (Å²) in [5.74, 6) is -4.76. The zero-order valence-electron chi connectivity index (χ0n) is 10.9. The molecular formula is C12H15NO8. The zero-order valence-corrected chi connectivity index (χ0v) is 10.9. The minimum Gasteiger partial charge on any atom is -0.478 e. The summed E-state index contributed by atoms with van der Waals surface area (Å²) in [6, 6.07) is 0. The van der Waals surface area contributed by atoms with E-state index in [2.05, 4.69) is 0 Å². The van der Waals surface area contributed by atoms with Gasteiger partial charge in [-0.25, -0.2) is 9.59 Å². The molecule has 2 aliphatic rings. The number of nitrogens with zero attached hydrogens (tertiary/aromatic N) is 1. The van der Waals surface area contributed by atoms with Crippen molar-refractivity contribution in [3.63, 3.8) is 0 Å². The number of aliphatic carboxylic acids is 2. The van der Waals surface area contributed by atoms with Crippen molar-refractivity contribution >= 4 is 23.8 Å². The summed E-state index contributed by atoms with van der Waals surface area (Å²) in [6.07, 6.45) is 3.42. The Morgan fingerprint density at radius 3 is 2.10 bits per heavy atom. The maximum absolute atomic E-state index is 11.3. The molecule has 1 aliphatic heterocycles. The summed E-state index contributed by atoms with van der Waals surface area (Å²) in [4.78, 5) is 41.6. The topological polar surface area (TPSA) is 152 Å². The number of amides is 2. The minimum absolute atomic E-state index is 0.0655. The Balaban J connectivity index is 0.000000240. The van der Waals surface area contributed by atoms with Gasteiger partial charge in [-0.3, -0.25) is 14.8 Å². The Labute approximate surface area is 119 Å². The van der Waals surface area contributed by atoms with Crippen molar-refractivity contribution in [1.82, 2.24) is 5.06 Å². The number of fused-ring (bicyclic) bond motifs is 1. The largest absolute Gasteiger partial charge is 0.478 e. The molecular weight excluding hydrogens is 286 g/mol. The molecule has 21 heavy (non-hydrogen) atoms. The fraction of sp³-hybridized carbons (Fsp3) is 0.500. The molecule has 2 rings (SSSR count). The first kappa shape index (κ1) is 16.8. The number of imide groups is 1. The van der Waals surface area contributed by atoms with Gasteiger partial charge in [-0.1, -0.05) is 6.42 Å². The van der Waals surface area contributed by atoms with E-state index in [1.165, 1.54) is 0 Å². The fourth-order valence-electron chi connectivity index (χ4n) is 2.31. The van der Waals surface area contributed by atoms with Crippen molar-refractivity contribution in [2.45, 2.75) is 31.3 Å². The molecule has 2 fully saturated rings. The Hall–Kier alpha value is -2.26. The summed E-state index contributed by atoms with van der Waals surface area (Å²) in [5.41, 5.74) is -1.62. The summed E-state index contributed by atoms with van der Waals surface area (Å²) in [7, 11) is 0. The van der Waals surface area contributed by atoms with Crippen LogP contribution in [0, 0.1) is 5.92 Å². The van der Waals surface area contributed by atoms with Crippen molar-refractivity contribution in [2.24, 2.45) is 5.92 Å². The first-order valence-corrected chi connectivity index (χ1v) is 6.13. The molecule has 9 heteroatoms. The van der Waals surface area contributed by atoms with Crippen LogP contribution in [0.5, 0.6) is 0 Å². The molecule has 0 radical (unpaired) electrons. The number of carbonyl (C=O) groups excluding carboxylic acids is 2. The van der Waals surface area contributed by atoms with E-state index in [0.29, 0.717) is 18.6 Å². The van der Waals surface area contributed by atoms with Crippen molar-refractivity contribution in [1.29, 1.82) is 0 Å². The van der Waals surface area contributed by atoms with Gasteiger partial charge in [0.1, 0.15) is 0 Å². The molecule has 1 aliphatic carbocycles. The fourth-order valence-corrected chi connectivity index (χ4v) is 2.31. The quantitative estimate of drug-likeness (QED) is 0.299. The lowest BCUT2D eigenvalue weighted by Crippen LogP contribution is -2.44. The van der Waals surface area contributed by atoms with Crippen molar-refractivity contribution in [3.05, 3.63) is 12.2 Å². The standard InChI is InChI=1S/C8H11NO4.C4H4O4/c10-6-5-3-1-2-4-8(5,12)7(11)9(6)13;5-3(6)1-2-4(7)8/h5,12-13H,1-4H2;1-2H,(H,5,6)(H,7,8). The van der Waals surface area contributed by atoms with E-state index in [1.807, 2.05) is 0 Å². The molecule has 1 heterocycles. The van der Waals surface area contributed by atoms with Gasteiger partial charge < -0.3 is 15.3 Å². The highest BCUT2D eigenvalue weighted by atomic mass is 16.5. The third-order valence-electron chi connectivity index (χ3n) is 3.32. The van der Waals surface area contributed by atoms with E-state index in [4.69, 9.17) is 15.4 Å². The monoisotopic (exact) mass is 301 g/mol. The lowest BCUT2D eigenvalue weighted by molar-refractivity contribution is -0.177. The molecule has 2 atom stereocenters. The highest BCUT2D eigenvalue weighted by molar-refractivity contribution is 6.07. The first-order valence-electron chi connectivity index (χ1n) is 6.13. The van der Waals surface area contributed by atoms with Crippen LogP contribution >= 0.6 is 0 Å². The maximum Gasteiger partial charge on any atom is 0.328 e. The summed E-state index contributed by atoms with van der Waals surface area (Å²) in [5, 5.41) is 34.6. The number of hydrogen-bond acceptors (Lipinski definition) is 6. The van der Waals surface area contributed by atoms with Gasteiger partial charge in [-0.2, -0.15) is 5.06 Å². The molecule has 4 N–H and O–H groups in total. The Morgan fingerprint density at radius 2 is 1.67 bits per heavy atom. The SMILES string of the molecule is O=C(O)C=CC(=O)O.O=C1C2CCCCC2(O)C(=O)N1O. The molecule has 9 nitrogen and oxygen atoms in total. The molecule has 2 amide bonds. The molecule has 0 bridgehead atoms. The molecule has 0 spiro atoms. The Morgan fingerprint density at radius 1 is 1.14 bits per heavy atom. The first-order chi connectivity index (χ1) is 9.70. The normalized spacial score (nSPS) is 28.1. The van der Waals surface area contributed by atoms with Gasteiger partial charge in [-0.05, 0) is 19.3 Å². The maximum atomic E-state index is 11.3. The van der Waals surface area contributed by atoms with Crippen molar-refractivity contribution in [2.75, 3.05) is 0 Å². The third kappa shape index (κ3) is 3.64. The van der Waals surface area contributed by atoms with Crippen LogP contribution in [0.3, 0.4) is 0 Å². The molecule has 2 unspecified atom stereocenters. The number of aliphatic hydroxyl groups is 1. The number of carboxylic acid groups (broad SMARTS) is 2. The van der Waals surface area contributed by atoms with Crippen LogP contribution in [0.25, 0.3) is 0 Å². The average molecular weight is 301 g/mol. The van der Waals surface area contributed by atoms with Gasteiger partial charge >= 0.3 is 11.9 Å². The van der Waals surface area contributed by atoms with Crippen LogP contribution in [-0.4, -0.2) is 54.9 Å². The van der Waals surface area contributed by atoms with E-state index < -0.39 is 35.3 Å². The number of hydrogen-bond donors (Lipinski definition) is 4. The lowest BCUT2D eigenvalue weighted by Gasteiger charge is -2.29. The van der Waals surface area contributed by atoms with Gasteiger partial charge in [0.05, 0.1) is 5.92 Å². The van der Waals surface area contributed by atoms with E-state index in [9.17, 15) is 24.3 Å². The molecule has 0 aromatic carbocycles. The average Bonchev–Trinajstić information content (AvgIpc) is 2.59. The smallest absolute Gasteiger partial charge is 0.328 e. The number of carboxylic acids is 2. The summed E-state index contributed by atoms with van der Waals surface area (Å²) < 4.78 is 0. The molecule has 1 saturated carbocycles. The molecule has 116 valence electrons. The second kappa shape index (κ2) is 6.46. The second-order valence-corrected chi connectivity index (χ2v) is 4.69. The lowest BCUT2D eigenvalue weighted by atomic mass is 9.77. The highest BCUT2D eigenvalue weighted by Crippen LogP contribution is 2.40. The zero-order chi connectivity index (χ0) is 16.2. The predicted octanol–water partition coefficient (Wildman–Crippen LogP) is -0.622. The summed E-state index contributed by atoms with van der Waals surface area (Å²) >= 11 is 0. The van der Waals surface area contributed by atoms with Crippen LogP contribution in [0.2, 0.25) is 0 Å². The van der Waals surface area contributed by atoms with Crippen LogP contribution in [0.15, 0.2) is 12.2 Å². The molecule has 0 aromatic rings. The van der Waals surface area contributed by atoms with E-state index in [-0.39, 0.29) is 11.5 Å². The minimum atomic E-state index is -1.62. The Kier molecular flexibility index (Phi) is 5.17. The van der Waals surface area contributed by atoms with Crippen LogP contribution in [0.1, 0.15) is 25.7 Å². The second-order valence-electron chi connectivity index (χ2n) is 4.69. The van der Waals surface area contributed by atoms with E-state index >= 15 is 0 Å². The van der Waals surface area contributed by atoms with Gasteiger partial charge in [0.2, 0.25) is 0 Å². The van der Waals surface area contributed by atoms with Crippen LogP contribution in [-0.2, 0) is 19.2 Å². The third-order valence-corrected chi connectivity index (χ3v) is 3.32. The van der Waals surface area contributed by atoms with Gasteiger partial charge in [0.25, 0.3) is 11.8 Å². The van der Waals surface area contributed by atoms with Gasteiger partial charge in [-0.15, -0.1) is 0 Å². The van der Waals surface area contributed by atoms with Gasteiger partial charge in [0.15, 0.2) is 5.60 Å². The predicted molar refractivity (Wildman–Crippen MR) is 65.0 cm³/mol. The number of carbonyl (C=O) groups is 4. The summed E-state index contributed by atoms with van der Waals surface area (Å²) in [6.45, 7) is 0. The van der Waals surface area contributed by atoms with Crippen LogP contribution in [0.4, 0.5) is 0 Å². The highest BCUT2D eigenvalue weighted by Gasteiger charge is 2.59. The van der Waals surface area contributed by atoms with E-state index in [0.717, 1.165) is 12.8 Å². The van der Waals surface area contributed by atoms with Crippen molar-refractivity contribution in [3.8, 4) is 0 Å². The van der Waals surface area contributed by atoms with Crippen molar-refractivity contribution < 1.29 is 39.7 Å². The van der Waals surface area contributed by atoms with Gasteiger partial charge in [0, 0.05) is 12.2 Å². The van der Waals surface area contributed by atoms with Crippen LogP contribution < -0.4 is 0 Å². The van der Waals surface area contributed by atoms with E-state index in [1.54, 1.807) is 0 Å². The Bertz CT molecular complexity index is 483.